The second-order valence-corrected chi connectivity index (χ2v) is 5.04. The van der Waals surface area contributed by atoms with Crippen LogP contribution >= 0.6 is 0 Å². The molecule has 1 aliphatic carbocycles. The molecule has 88 valence electrons. The Labute approximate surface area is 97.7 Å². The van der Waals surface area contributed by atoms with Gasteiger partial charge in [0.15, 0.2) is 0 Å². The molecule has 1 saturated carbocycles. The highest BCUT2D eigenvalue weighted by Gasteiger charge is 2.36. The van der Waals surface area contributed by atoms with Crippen molar-refractivity contribution in [2.75, 3.05) is 6.54 Å². The largest absolute Gasteiger partial charge is 0.464 e. The average Bonchev–Trinajstić information content (AvgIpc) is 2.79. The Bertz CT molecular complexity index is 374. The van der Waals surface area contributed by atoms with Crippen LogP contribution in [0.1, 0.15) is 44.6 Å². The lowest BCUT2D eigenvalue weighted by Gasteiger charge is -1.99. The monoisotopic (exact) mass is 219 g/mol. The predicted octanol–water partition coefficient (Wildman–Crippen LogP) is 3.46. The summed E-state index contributed by atoms with van der Waals surface area (Å²) in [6, 6.07) is 4.22. The van der Waals surface area contributed by atoms with Crippen molar-refractivity contribution in [1.29, 1.82) is 0 Å². The van der Waals surface area contributed by atoms with Gasteiger partial charge in [-0.2, -0.15) is 0 Å². The molecule has 2 atom stereocenters. The summed E-state index contributed by atoms with van der Waals surface area (Å²) in [6.45, 7) is 8.24. The Morgan fingerprint density at radius 1 is 1.50 bits per heavy atom. The number of furan rings is 1. The summed E-state index contributed by atoms with van der Waals surface area (Å²) in [7, 11) is 0. The molecule has 0 saturated heterocycles. The van der Waals surface area contributed by atoms with Crippen molar-refractivity contribution in [3.8, 4) is 0 Å². The summed E-state index contributed by atoms with van der Waals surface area (Å²) in [4.78, 5) is 0. The van der Waals surface area contributed by atoms with Gasteiger partial charge in [0.2, 0.25) is 0 Å². The van der Waals surface area contributed by atoms with E-state index in [2.05, 4.69) is 44.3 Å². The number of hydrogen-bond donors (Lipinski definition) is 1. The van der Waals surface area contributed by atoms with Gasteiger partial charge in [-0.25, -0.2) is 0 Å². The van der Waals surface area contributed by atoms with E-state index in [-0.39, 0.29) is 0 Å². The third-order valence-corrected chi connectivity index (χ3v) is 3.11. The summed E-state index contributed by atoms with van der Waals surface area (Å²) in [5.74, 6) is 3.73. The van der Waals surface area contributed by atoms with Crippen molar-refractivity contribution < 1.29 is 4.42 Å². The van der Waals surface area contributed by atoms with Gasteiger partial charge >= 0.3 is 0 Å². The van der Waals surface area contributed by atoms with Crippen LogP contribution in [0.4, 0.5) is 0 Å². The van der Waals surface area contributed by atoms with Gasteiger partial charge in [-0.1, -0.05) is 18.6 Å². The van der Waals surface area contributed by atoms with E-state index in [9.17, 15) is 0 Å². The first-order valence-electron chi connectivity index (χ1n) is 6.09. The van der Waals surface area contributed by atoms with Gasteiger partial charge in [-0.3, -0.25) is 0 Å². The molecule has 1 aromatic heterocycles. The van der Waals surface area contributed by atoms with E-state index in [4.69, 9.17) is 4.42 Å². The minimum absolute atomic E-state index is 0.687. The Morgan fingerprint density at radius 3 is 2.88 bits per heavy atom. The first kappa shape index (κ1) is 11.5. The van der Waals surface area contributed by atoms with E-state index in [0.717, 1.165) is 24.8 Å². The number of hydrogen-bond acceptors (Lipinski definition) is 2. The van der Waals surface area contributed by atoms with E-state index in [1.54, 1.807) is 0 Å². The maximum absolute atomic E-state index is 5.80. The Balaban J connectivity index is 1.77. The van der Waals surface area contributed by atoms with E-state index in [1.807, 2.05) is 0 Å². The van der Waals surface area contributed by atoms with E-state index in [0.29, 0.717) is 5.92 Å². The van der Waals surface area contributed by atoms with Crippen molar-refractivity contribution in [2.45, 2.75) is 39.7 Å². The van der Waals surface area contributed by atoms with Crippen molar-refractivity contribution in [3.05, 3.63) is 35.3 Å². The SMILES string of the molecule is CC(C)=CCNCc1ccc(C2CC2C)o1. The summed E-state index contributed by atoms with van der Waals surface area (Å²) in [5, 5.41) is 3.35. The van der Waals surface area contributed by atoms with Crippen molar-refractivity contribution >= 4 is 0 Å². The predicted molar refractivity (Wildman–Crippen MR) is 66.4 cm³/mol. The zero-order valence-electron chi connectivity index (χ0n) is 10.4. The molecule has 1 N–H and O–H groups in total. The fourth-order valence-corrected chi connectivity index (χ4v) is 1.88. The van der Waals surface area contributed by atoms with Crippen LogP contribution < -0.4 is 5.32 Å². The number of rotatable bonds is 5. The normalized spacial score (nSPS) is 23.2. The summed E-state index contributed by atoms with van der Waals surface area (Å²) in [6.07, 6.45) is 3.48. The fourth-order valence-electron chi connectivity index (χ4n) is 1.88. The van der Waals surface area contributed by atoms with E-state index >= 15 is 0 Å². The van der Waals surface area contributed by atoms with Crippen LogP contribution in [0.5, 0.6) is 0 Å². The van der Waals surface area contributed by atoms with Gasteiger partial charge in [0.1, 0.15) is 11.5 Å². The van der Waals surface area contributed by atoms with E-state index < -0.39 is 0 Å². The fraction of sp³-hybridized carbons (Fsp3) is 0.571. The summed E-state index contributed by atoms with van der Waals surface area (Å²) >= 11 is 0. The average molecular weight is 219 g/mol. The zero-order valence-corrected chi connectivity index (χ0v) is 10.4. The van der Waals surface area contributed by atoms with Gasteiger partial charge < -0.3 is 9.73 Å². The molecule has 2 nitrogen and oxygen atoms in total. The lowest BCUT2D eigenvalue weighted by Crippen LogP contribution is -2.12. The minimum Gasteiger partial charge on any atom is -0.464 e. The first-order chi connectivity index (χ1) is 7.66. The molecule has 1 aliphatic rings. The smallest absolute Gasteiger partial charge is 0.117 e. The van der Waals surface area contributed by atoms with Crippen LogP contribution in [0.3, 0.4) is 0 Å². The van der Waals surface area contributed by atoms with Gasteiger partial charge in [-0.15, -0.1) is 0 Å². The lowest BCUT2D eigenvalue weighted by molar-refractivity contribution is 0.449. The molecule has 2 unspecified atom stereocenters. The molecular formula is C14H21NO. The standard InChI is InChI=1S/C14H21NO/c1-10(2)6-7-15-9-12-4-5-14(16-12)13-8-11(13)3/h4-6,11,13,15H,7-9H2,1-3H3. The van der Waals surface area contributed by atoms with Crippen LogP contribution in [0.25, 0.3) is 0 Å². The second kappa shape index (κ2) is 4.88. The third kappa shape index (κ3) is 2.99. The minimum atomic E-state index is 0.687. The number of allylic oxidation sites excluding steroid dienone is 1. The summed E-state index contributed by atoms with van der Waals surface area (Å²) in [5.41, 5.74) is 1.35. The summed E-state index contributed by atoms with van der Waals surface area (Å²) < 4.78 is 5.80. The van der Waals surface area contributed by atoms with Crippen molar-refractivity contribution in [3.63, 3.8) is 0 Å². The maximum Gasteiger partial charge on any atom is 0.117 e. The maximum atomic E-state index is 5.80. The van der Waals surface area contributed by atoms with Crippen LogP contribution in [0, 0.1) is 5.92 Å². The van der Waals surface area contributed by atoms with Gasteiger partial charge in [0.25, 0.3) is 0 Å². The molecule has 0 bridgehead atoms. The molecule has 1 fully saturated rings. The molecule has 1 heterocycles. The van der Waals surface area contributed by atoms with Crippen LogP contribution in [-0.4, -0.2) is 6.54 Å². The van der Waals surface area contributed by atoms with Gasteiger partial charge in [0.05, 0.1) is 6.54 Å². The lowest BCUT2D eigenvalue weighted by atomic mass is 10.3. The molecule has 0 aliphatic heterocycles. The molecule has 0 radical (unpaired) electrons. The molecule has 1 aromatic rings. The highest BCUT2D eigenvalue weighted by atomic mass is 16.3. The zero-order chi connectivity index (χ0) is 11.5. The van der Waals surface area contributed by atoms with Crippen LogP contribution in [0.2, 0.25) is 0 Å². The Morgan fingerprint density at radius 2 is 2.25 bits per heavy atom. The topological polar surface area (TPSA) is 25.2 Å². The van der Waals surface area contributed by atoms with Crippen molar-refractivity contribution in [1.82, 2.24) is 5.32 Å². The quantitative estimate of drug-likeness (QED) is 0.606. The third-order valence-electron chi connectivity index (χ3n) is 3.11. The highest BCUT2D eigenvalue weighted by Crippen LogP contribution is 2.47. The second-order valence-electron chi connectivity index (χ2n) is 5.04. The van der Waals surface area contributed by atoms with Crippen molar-refractivity contribution in [2.24, 2.45) is 5.92 Å². The Hall–Kier alpha value is -1.02. The van der Waals surface area contributed by atoms with Crippen LogP contribution in [0.15, 0.2) is 28.2 Å². The highest BCUT2D eigenvalue weighted by molar-refractivity contribution is 5.17. The molecule has 2 rings (SSSR count). The Kier molecular flexibility index (Phi) is 3.49. The molecule has 2 heteroatoms. The molecule has 0 amide bonds. The molecule has 16 heavy (non-hydrogen) atoms. The van der Waals surface area contributed by atoms with Gasteiger partial charge in [-0.05, 0) is 38.3 Å². The number of nitrogens with one attached hydrogen (secondary N) is 1. The van der Waals surface area contributed by atoms with Gasteiger partial charge in [0, 0.05) is 12.5 Å². The first-order valence-corrected chi connectivity index (χ1v) is 6.09. The molecule has 0 spiro atoms. The molecule has 0 aromatic carbocycles. The molecular weight excluding hydrogens is 198 g/mol. The van der Waals surface area contributed by atoms with Crippen LogP contribution in [-0.2, 0) is 6.54 Å². The van der Waals surface area contributed by atoms with E-state index in [1.165, 1.54) is 17.8 Å².